The van der Waals surface area contributed by atoms with Crippen LogP contribution in [0.5, 0.6) is 0 Å². The summed E-state index contributed by atoms with van der Waals surface area (Å²) in [7, 11) is 0. The van der Waals surface area contributed by atoms with Crippen LogP contribution in [-0.2, 0) is 11.3 Å². The molecule has 1 N–H and O–H groups in total. The van der Waals surface area contributed by atoms with Crippen molar-refractivity contribution in [2.45, 2.75) is 13.0 Å². The number of likely N-dealkylation sites (tertiary alicyclic amines) is 1. The van der Waals surface area contributed by atoms with Crippen molar-refractivity contribution in [3.63, 3.8) is 0 Å². The molecule has 2 rings (SSSR count). The summed E-state index contributed by atoms with van der Waals surface area (Å²) < 4.78 is 4.59. The predicted molar refractivity (Wildman–Crippen MR) is 45.3 cm³/mol. The third kappa shape index (κ3) is 1.90. The molecule has 1 atom stereocenters. The molecule has 1 saturated heterocycles. The predicted octanol–water partition coefficient (Wildman–Crippen LogP) is -0.0239. The average molecular weight is 197 g/mol. The smallest absolute Gasteiger partial charge is 0.307 e. The van der Waals surface area contributed by atoms with Crippen LogP contribution in [0.2, 0.25) is 0 Å². The number of hydrogen-bond donors (Lipinski definition) is 1. The average Bonchev–Trinajstić information content (AvgIpc) is 2.75. The molecule has 0 amide bonds. The zero-order valence-corrected chi connectivity index (χ0v) is 7.59. The van der Waals surface area contributed by atoms with Gasteiger partial charge >= 0.3 is 5.97 Å². The monoisotopic (exact) mass is 197 g/mol. The lowest BCUT2D eigenvalue weighted by Crippen LogP contribution is -2.23. The topological polar surface area (TPSA) is 79.5 Å². The number of rotatable bonds is 3. The fourth-order valence-corrected chi connectivity index (χ4v) is 1.64. The summed E-state index contributed by atoms with van der Waals surface area (Å²) in [5, 5.41) is 12.5. The molecule has 0 spiro atoms. The van der Waals surface area contributed by atoms with Gasteiger partial charge in [-0.3, -0.25) is 9.69 Å². The van der Waals surface area contributed by atoms with E-state index in [2.05, 4.69) is 14.7 Å². The van der Waals surface area contributed by atoms with E-state index in [1.54, 1.807) is 0 Å². The Morgan fingerprint density at radius 1 is 1.79 bits per heavy atom. The fourth-order valence-electron chi connectivity index (χ4n) is 1.64. The van der Waals surface area contributed by atoms with E-state index in [1.807, 2.05) is 4.90 Å². The summed E-state index contributed by atoms with van der Waals surface area (Å²) in [6, 6.07) is 0. The van der Waals surface area contributed by atoms with E-state index in [9.17, 15) is 4.79 Å². The summed E-state index contributed by atoms with van der Waals surface area (Å²) >= 11 is 0. The molecule has 6 heteroatoms. The number of carbonyl (C=O) groups is 1. The molecule has 1 aromatic heterocycles. The van der Waals surface area contributed by atoms with E-state index in [-0.39, 0.29) is 5.92 Å². The number of carboxylic acid groups (broad SMARTS) is 1. The lowest BCUT2D eigenvalue weighted by Gasteiger charge is -2.11. The second kappa shape index (κ2) is 3.75. The van der Waals surface area contributed by atoms with Gasteiger partial charge in [0, 0.05) is 6.54 Å². The van der Waals surface area contributed by atoms with Gasteiger partial charge in [0.05, 0.1) is 12.5 Å². The van der Waals surface area contributed by atoms with Gasteiger partial charge < -0.3 is 9.63 Å². The van der Waals surface area contributed by atoms with Crippen molar-refractivity contribution in [2.75, 3.05) is 13.1 Å². The van der Waals surface area contributed by atoms with Crippen LogP contribution in [0.25, 0.3) is 0 Å². The van der Waals surface area contributed by atoms with Crippen molar-refractivity contribution >= 4 is 5.97 Å². The van der Waals surface area contributed by atoms with Gasteiger partial charge in [0.15, 0.2) is 5.82 Å². The zero-order chi connectivity index (χ0) is 9.97. The number of aromatic nitrogens is 2. The summed E-state index contributed by atoms with van der Waals surface area (Å²) in [4.78, 5) is 16.6. The third-order valence-corrected chi connectivity index (χ3v) is 2.39. The molecule has 1 aliphatic heterocycles. The molecule has 14 heavy (non-hydrogen) atoms. The highest BCUT2D eigenvalue weighted by Gasteiger charge is 2.28. The molecule has 1 aliphatic rings. The summed E-state index contributed by atoms with van der Waals surface area (Å²) in [5.41, 5.74) is 0. The van der Waals surface area contributed by atoms with Crippen LogP contribution in [0, 0.1) is 5.92 Å². The van der Waals surface area contributed by atoms with Crippen LogP contribution in [-0.4, -0.2) is 39.2 Å². The second-order valence-corrected chi connectivity index (χ2v) is 3.41. The minimum Gasteiger partial charge on any atom is -0.481 e. The number of nitrogens with zero attached hydrogens (tertiary/aromatic N) is 3. The Morgan fingerprint density at radius 2 is 2.64 bits per heavy atom. The van der Waals surface area contributed by atoms with E-state index >= 15 is 0 Å². The maximum Gasteiger partial charge on any atom is 0.307 e. The molecule has 76 valence electrons. The molecule has 1 aromatic rings. The van der Waals surface area contributed by atoms with Crippen molar-refractivity contribution in [1.82, 2.24) is 15.0 Å². The largest absolute Gasteiger partial charge is 0.481 e. The maximum atomic E-state index is 10.7. The Kier molecular flexibility index (Phi) is 2.45. The number of hydrogen-bond acceptors (Lipinski definition) is 5. The van der Waals surface area contributed by atoms with E-state index in [1.165, 1.54) is 6.39 Å². The van der Waals surface area contributed by atoms with Gasteiger partial charge in [0.25, 0.3) is 0 Å². The Bertz CT molecular complexity index is 312. The standard InChI is InChI=1S/C8H11N3O3/c12-8(13)6-1-2-11(3-6)4-7-9-5-14-10-7/h5-6H,1-4H2,(H,12,13). The SMILES string of the molecule is O=C(O)C1CCN(Cc2ncon2)C1. The molecule has 0 aromatic carbocycles. The van der Waals surface area contributed by atoms with Gasteiger partial charge in [-0.25, -0.2) is 0 Å². The number of carboxylic acids is 1. The first-order valence-electron chi connectivity index (χ1n) is 4.46. The molecular weight excluding hydrogens is 186 g/mol. The second-order valence-electron chi connectivity index (χ2n) is 3.41. The van der Waals surface area contributed by atoms with Gasteiger partial charge in [-0.15, -0.1) is 0 Å². The third-order valence-electron chi connectivity index (χ3n) is 2.39. The zero-order valence-electron chi connectivity index (χ0n) is 7.59. The van der Waals surface area contributed by atoms with E-state index in [0.717, 1.165) is 6.54 Å². The van der Waals surface area contributed by atoms with Crippen LogP contribution < -0.4 is 0 Å². The summed E-state index contributed by atoms with van der Waals surface area (Å²) in [5.74, 6) is -0.362. The van der Waals surface area contributed by atoms with E-state index in [4.69, 9.17) is 5.11 Å². The fraction of sp³-hybridized carbons (Fsp3) is 0.625. The maximum absolute atomic E-state index is 10.7. The first kappa shape index (κ1) is 9.14. The first-order chi connectivity index (χ1) is 6.75. The Hall–Kier alpha value is -1.43. The molecule has 0 aliphatic carbocycles. The summed E-state index contributed by atoms with van der Waals surface area (Å²) in [6.07, 6.45) is 1.98. The van der Waals surface area contributed by atoms with Crippen LogP contribution in [0.4, 0.5) is 0 Å². The quantitative estimate of drug-likeness (QED) is 0.733. The van der Waals surface area contributed by atoms with E-state index in [0.29, 0.717) is 25.3 Å². The lowest BCUT2D eigenvalue weighted by atomic mass is 10.1. The molecule has 0 saturated carbocycles. The number of aliphatic carboxylic acids is 1. The van der Waals surface area contributed by atoms with Gasteiger partial charge in [0.1, 0.15) is 0 Å². The molecule has 2 heterocycles. The lowest BCUT2D eigenvalue weighted by molar-refractivity contribution is -0.141. The molecule has 0 bridgehead atoms. The molecule has 0 radical (unpaired) electrons. The Labute approximate surface area is 80.5 Å². The summed E-state index contributed by atoms with van der Waals surface area (Å²) in [6.45, 7) is 1.93. The van der Waals surface area contributed by atoms with Gasteiger partial charge in [0.2, 0.25) is 6.39 Å². The highest BCUT2D eigenvalue weighted by Crippen LogP contribution is 2.17. The van der Waals surface area contributed by atoms with Crippen LogP contribution in [0.15, 0.2) is 10.9 Å². The van der Waals surface area contributed by atoms with Gasteiger partial charge in [-0.1, -0.05) is 5.16 Å². The molecule has 6 nitrogen and oxygen atoms in total. The Morgan fingerprint density at radius 3 is 3.21 bits per heavy atom. The van der Waals surface area contributed by atoms with Crippen molar-refractivity contribution < 1.29 is 14.4 Å². The highest BCUT2D eigenvalue weighted by molar-refractivity contribution is 5.70. The minimum absolute atomic E-state index is 0.248. The van der Waals surface area contributed by atoms with E-state index < -0.39 is 5.97 Å². The van der Waals surface area contributed by atoms with Crippen molar-refractivity contribution in [3.8, 4) is 0 Å². The first-order valence-corrected chi connectivity index (χ1v) is 4.46. The molecule has 1 unspecified atom stereocenters. The van der Waals surface area contributed by atoms with Crippen LogP contribution in [0.1, 0.15) is 12.2 Å². The van der Waals surface area contributed by atoms with Crippen LogP contribution >= 0.6 is 0 Å². The van der Waals surface area contributed by atoms with Gasteiger partial charge in [-0.2, -0.15) is 4.98 Å². The van der Waals surface area contributed by atoms with Gasteiger partial charge in [-0.05, 0) is 13.0 Å². The Balaban J connectivity index is 1.87. The highest BCUT2D eigenvalue weighted by atomic mass is 16.5. The normalized spacial score (nSPS) is 22.7. The minimum atomic E-state index is -0.722. The molecular formula is C8H11N3O3. The van der Waals surface area contributed by atoms with Crippen molar-refractivity contribution in [3.05, 3.63) is 12.2 Å². The molecule has 1 fully saturated rings. The van der Waals surface area contributed by atoms with Crippen LogP contribution in [0.3, 0.4) is 0 Å². The van der Waals surface area contributed by atoms with Crippen molar-refractivity contribution in [1.29, 1.82) is 0 Å². The van der Waals surface area contributed by atoms with Crippen molar-refractivity contribution in [2.24, 2.45) is 5.92 Å².